The third kappa shape index (κ3) is 3.84. The predicted molar refractivity (Wildman–Crippen MR) is 120 cm³/mol. The standard InChI is InChI=1S/C26H36O8/c1-15-22(32-17(3)28)23(33-18(4)29)24(5)20(7-8-21-25(24,6)34-21)26(15,14-31-16(2)27)11-9-19-10-12-30-13-19/h10,12-13,15,20-23H,7-9,11,14H2,1-6H3/t15-,20+,21?,22-,23-,24+,25+,26-/m0/s1. The Morgan fingerprint density at radius 2 is 1.76 bits per heavy atom. The number of fused-ring (bicyclic) bond motifs is 3. The highest BCUT2D eigenvalue weighted by Crippen LogP contribution is 2.71. The van der Waals surface area contributed by atoms with Gasteiger partial charge in [-0.3, -0.25) is 14.4 Å². The van der Waals surface area contributed by atoms with Crippen LogP contribution in [0.2, 0.25) is 0 Å². The Bertz CT molecular complexity index is 941. The van der Waals surface area contributed by atoms with E-state index in [9.17, 15) is 14.4 Å². The number of carbonyl (C=O) groups is 3. The minimum absolute atomic E-state index is 0.00107. The molecule has 2 heterocycles. The Morgan fingerprint density at radius 3 is 2.35 bits per heavy atom. The van der Waals surface area contributed by atoms with Crippen LogP contribution in [-0.4, -0.2) is 48.4 Å². The molecule has 3 aliphatic rings. The van der Waals surface area contributed by atoms with Gasteiger partial charge in [-0.2, -0.15) is 0 Å². The quantitative estimate of drug-likeness (QED) is 0.332. The molecule has 1 aromatic rings. The monoisotopic (exact) mass is 476 g/mol. The molecule has 1 saturated heterocycles. The SMILES string of the molecule is CC(=O)OC[C@@]1(CCc2ccoc2)[C@@H](C)[C@H](OC(C)=O)[C@H](OC(C)=O)[C@@]2(C)[C@H]1CCC1O[C@]12C. The van der Waals surface area contributed by atoms with Crippen LogP contribution in [0.4, 0.5) is 0 Å². The summed E-state index contributed by atoms with van der Waals surface area (Å²) in [5, 5.41) is 0. The Labute approximate surface area is 200 Å². The van der Waals surface area contributed by atoms with E-state index in [-0.39, 0.29) is 30.5 Å². The number of aryl methyl sites for hydroxylation is 1. The highest BCUT2D eigenvalue weighted by atomic mass is 16.6. The lowest BCUT2D eigenvalue weighted by Gasteiger charge is -2.63. The molecule has 0 spiro atoms. The molecule has 3 fully saturated rings. The first kappa shape index (κ1) is 24.8. The smallest absolute Gasteiger partial charge is 0.303 e. The molecular formula is C26H36O8. The van der Waals surface area contributed by atoms with Crippen molar-refractivity contribution in [3.8, 4) is 0 Å². The highest BCUT2D eigenvalue weighted by Gasteiger charge is 2.78. The Morgan fingerprint density at radius 1 is 1.06 bits per heavy atom. The van der Waals surface area contributed by atoms with Gasteiger partial charge < -0.3 is 23.4 Å². The summed E-state index contributed by atoms with van der Waals surface area (Å²) in [7, 11) is 0. The second-order valence-electron chi connectivity index (χ2n) is 10.7. The van der Waals surface area contributed by atoms with Crippen molar-refractivity contribution in [1.29, 1.82) is 0 Å². The first-order valence-electron chi connectivity index (χ1n) is 12.1. The van der Waals surface area contributed by atoms with Crippen molar-refractivity contribution in [2.45, 2.75) is 91.1 Å². The number of rotatable bonds is 7. The van der Waals surface area contributed by atoms with Crippen molar-refractivity contribution in [3.05, 3.63) is 24.2 Å². The summed E-state index contributed by atoms with van der Waals surface area (Å²) >= 11 is 0. The fraction of sp³-hybridized carbons (Fsp3) is 0.731. The van der Waals surface area contributed by atoms with E-state index >= 15 is 0 Å². The van der Waals surface area contributed by atoms with Crippen molar-refractivity contribution in [2.24, 2.45) is 22.7 Å². The summed E-state index contributed by atoms with van der Waals surface area (Å²) in [6, 6.07) is 1.93. The first-order valence-corrected chi connectivity index (χ1v) is 12.1. The normalized spacial score (nSPS) is 40.5. The van der Waals surface area contributed by atoms with E-state index < -0.39 is 40.6 Å². The van der Waals surface area contributed by atoms with Crippen molar-refractivity contribution < 1.29 is 37.7 Å². The number of epoxide rings is 1. The zero-order valence-electron chi connectivity index (χ0n) is 20.9. The largest absolute Gasteiger partial charge is 0.472 e. The van der Waals surface area contributed by atoms with Gasteiger partial charge >= 0.3 is 17.9 Å². The third-order valence-electron chi connectivity index (χ3n) is 9.04. The summed E-state index contributed by atoms with van der Waals surface area (Å²) in [4.78, 5) is 36.5. The van der Waals surface area contributed by atoms with Gasteiger partial charge in [-0.05, 0) is 50.2 Å². The van der Waals surface area contributed by atoms with E-state index in [0.717, 1.165) is 18.4 Å². The van der Waals surface area contributed by atoms with Gasteiger partial charge in [-0.15, -0.1) is 0 Å². The summed E-state index contributed by atoms with van der Waals surface area (Å²) < 4.78 is 29.1. The fourth-order valence-electron chi connectivity index (χ4n) is 7.12. The van der Waals surface area contributed by atoms with Gasteiger partial charge in [0.2, 0.25) is 0 Å². The Hall–Kier alpha value is -2.35. The lowest BCUT2D eigenvalue weighted by atomic mass is 9.42. The summed E-state index contributed by atoms with van der Waals surface area (Å²) in [5.74, 6) is -1.47. The van der Waals surface area contributed by atoms with Gasteiger partial charge in [0, 0.05) is 37.5 Å². The molecule has 2 aliphatic carbocycles. The third-order valence-corrected chi connectivity index (χ3v) is 9.04. The summed E-state index contributed by atoms with van der Waals surface area (Å²) in [5.41, 5.74) is -0.671. The van der Waals surface area contributed by atoms with Crippen LogP contribution >= 0.6 is 0 Å². The number of furan rings is 1. The molecule has 2 saturated carbocycles. The van der Waals surface area contributed by atoms with E-state index in [1.165, 1.54) is 20.8 Å². The molecule has 0 radical (unpaired) electrons. The number of carbonyl (C=O) groups excluding carboxylic acids is 3. The fourth-order valence-corrected chi connectivity index (χ4v) is 7.12. The van der Waals surface area contributed by atoms with Gasteiger partial charge in [-0.1, -0.05) is 13.8 Å². The van der Waals surface area contributed by atoms with Gasteiger partial charge in [0.15, 0.2) is 0 Å². The second kappa shape index (κ2) is 8.70. The van der Waals surface area contributed by atoms with Gasteiger partial charge in [-0.25, -0.2) is 0 Å². The molecule has 1 aliphatic heterocycles. The van der Waals surface area contributed by atoms with Crippen molar-refractivity contribution in [3.63, 3.8) is 0 Å². The van der Waals surface area contributed by atoms with Crippen LogP contribution in [0.15, 0.2) is 23.0 Å². The van der Waals surface area contributed by atoms with Crippen molar-refractivity contribution in [1.82, 2.24) is 0 Å². The van der Waals surface area contributed by atoms with E-state index in [1.54, 1.807) is 12.5 Å². The molecule has 4 rings (SSSR count). The van der Waals surface area contributed by atoms with E-state index in [1.807, 2.05) is 13.0 Å². The van der Waals surface area contributed by atoms with E-state index in [2.05, 4.69) is 13.8 Å². The van der Waals surface area contributed by atoms with Crippen molar-refractivity contribution in [2.75, 3.05) is 6.61 Å². The molecular weight excluding hydrogens is 440 g/mol. The Kier molecular flexibility index (Phi) is 6.34. The molecule has 0 aromatic carbocycles. The first-order chi connectivity index (χ1) is 16.0. The van der Waals surface area contributed by atoms with Gasteiger partial charge in [0.25, 0.3) is 0 Å². The van der Waals surface area contributed by atoms with Crippen LogP contribution in [-0.2, 0) is 39.8 Å². The zero-order valence-corrected chi connectivity index (χ0v) is 20.9. The lowest BCUT2D eigenvalue weighted by molar-refractivity contribution is -0.255. The van der Waals surface area contributed by atoms with Crippen LogP contribution in [0.5, 0.6) is 0 Å². The molecule has 34 heavy (non-hydrogen) atoms. The number of ether oxygens (including phenoxy) is 4. The average molecular weight is 477 g/mol. The minimum Gasteiger partial charge on any atom is -0.472 e. The van der Waals surface area contributed by atoms with Crippen LogP contribution in [0.25, 0.3) is 0 Å². The van der Waals surface area contributed by atoms with Crippen molar-refractivity contribution >= 4 is 17.9 Å². The maximum atomic E-state index is 12.3. The van der Waals surface area contributed by atoms with Crippen LogP contribution in [0.1, 0.15) is 66.4 Å². The van der Waals surface area contributed by atoms with Crippen LogP contribution in [0.3, 0.4) is 0 Å². The molecule has 0 N–H and O–H groups in total. The molecule has 1 aromatic heterocycles. The molecule has 1 unspecified atom stereocenters. The molecule has 8 atom stereocenters. The highest BCUT2D eigenvalue weighted by molar-refractivity contribution is 5.68. The average Bonchev–Trinajstić information content (AvgIpc) is 3.18. The maximum absolute atomic E-state index is 12.3. The molecule has 8 nitrogen and oxygen atoms in total. The predicted octanol–water partition coefficient (Wildman–Crippen LogP) is 3.85. The van der Waals surface area contributed by atoms with Crippen LogP contribution < -0.4 is 0 Å². The number of esters is 3. The minimum atomic E-state index is -0.706. The van der Waals surface area contributed by atoms with E-state index in [0.29, 0.717) is 12.8 Å². The summed E-state index contributed by atoms with van der Waals surface area (Å²) in [6.07, 6.45) is 5.14. The lowest BCUT2D eigenvalue weighted by Crippen LogP contribution is -2.70. The zero-order chi connectivity index (χ0) is 24.9. The maximum Gasteiger partial charge on any atom is 0.303 e. The molecule has 0 bridgehead atoms. The molecule has 188 valence electrons. The second-order valence-corrected chi connectivity index (χ2v) is 10.7. The topological polar surface area (TPSA) is 105 Å². The van der Waals surface area contributed by atoms with E-state index in [4.69, 9.17) is 23.4 Å². The molecule has 0 amide bonds. The van der Waals surface area contributed by atoms with Crippen LogP contribution in [0, 0.1) is 22.7 Å². The Balaban J connectivity index is 1.85. The number of hydrogen-bond acceptors (Lipinski definition) is 8. The number of hydrogen-bond donors (Lipinski definition) is 0. The summed E-state index contributed by atoms with van der Waals surface area (Å²) in [6.45, 7) is 10.5. The van der Waals surface area contributed by atoms with Gasteiger partial charge in [0.1, 0.15) is 17.8 Å². The van der Waals surface area contributed by atoms with Gasteiger partial charge in [0.05, 0.1) is 25.2 Å². The molecule has 8 heteroatoms.